The standard InChI is InChI=1S/C16H20N4S/c1-4-20(5-2)16-19-11-14(21-16)10-18-15-8-13(9-17)7-6-12(15)3/h6-8,11,18H,4-5,10H2,1-3H3. The van der Waals surface area contributed by atoms with Crippen LogP contribution in [0.5, 0.6) is 0 Å². The van der Waals surface area contributed by atoms with Gasteiger partial charge >= 0.3 is 0 Å². The van der Waals surface area contributed by atoms with E-state index in [0.717, 1.165) is 36.0 Å². The lowest BCUT2D eigenvalue weighted by atomic mass is 10.1. The van der Waals surface area contributed by atoms with E-state index in [1.807, 2.05) is 31.3 Å². The Kier molecular flexibility index (Phi) is 5.18. The van der Waals surface area contributed by atoms with Gasteiger partial charge in [0.15, 0.2) is 5.13 Å². The molecular formula is C16H20N4S. The SMILES string of the molecule is CCN(CC)c1ncc(CNc2cc(C#N)ccc2C)s1. The fourth-order valence-corrected chi connectivity index (χ4v) is 3.06. The van der Waals surface area contributed by atoms with Gasteiger partial charge < -0.3 is 10.2 Å². The molecule has 0 bridgehead atoms. The summed E-state index contributed by atoms with van der Waals surface area (Å²) in [5.74, 6) is 0. The monoisotopic (exact) mass is 300 g/mol. The number of benzene rings is 1. The van der Waals surface area contributed by atoms with Gasteiger partial charge in [0, 0.05) is 29.9 Å². The Labute approximate surface area is 130 Å². The minimum absolute atomic E-state index is 0.677. The molecule has 1 aromatic carbocycles. The second kappa shape index (κ2) is 7.09. The van der Waals surface area contributed by atoms with E-state index in [1.54, 1.807) is 11.3 Å². The molecule has 0 saturated carbocycles. The first-order valence-corrected chi connectivity index (χ1v) is 7.93. The van der Waals surface area contributed by atoms with Crippen molar-refractivity contribution in [1.82, 2.24) is 4.98 Å². The number of aromatic nitrogens is 1. The molecule has 1 N–H and O–H groups in total. The van der Waals surface area contributed by atoms with Crippen LogP contribution >= 0.6 is 11.3 Å². The van der Waals surface area contributed by atoms with Crippen LogP contribution in [0.4, 0.5) is 10.8 Å². The number of aryl methyl sites for hydroxylation is 1. The molecule has 1 heterocycles. The fraction of sp³-hybridized carbons (Fsp3) is 0.375. The Morgan fingerprint density at radius 1 is 1.33 bits per heavy atom. The average Bonchev–Trinajstić information content (AvgIpc) is 2.96. The van der Waals surface area contributed by atoms with E-state index in [4.69, 9.17) is 5.26 Å². The van der Waals surface area contributed by atoms with Crippen LogP contribution < -0.4 is 10.2 Å². The molecule has 0 saturated heterocycles. The zero-order valence-electron chi connectivity index (χ0n) is 12.7. The number of hydrogen-bond donors (Lipinski definition) is 1. The lowest BCUT2D eigenvalue weighted by molar-refractivity contribution is 0.860. The van der Waals surface area contributed by atoms with Crippen LogP contribution in [0.1, 0.15) is 29.9 Å². The maximum Gasteiger partial charge on any atom is 0.185 e. The predicted octanol–water partition coefficient (Wildman–Crippen LogP) is 3.78. The number of nitriles is 1. The van der Waals surface area contributed by atoms with Crippen molar-refractivity contribution in [2.45, 2.75) is 27.3 Å². The summed E-state index contributed by atoms with van der Waals surface area (Å²) in [5.41, 5.74) is 2.82. The van der Waals surface area contributed by atoms with Crippen molar-refractivity contribution in [3.05, 3.63) is 40.4 Å². The van der Waals surface area contributed by atoms with Crippen molar-refractivity contribution in [1.29, 1.82) is 5.26 Å². The lowest BCUT2D eigenvalue weighted by Gasteiger charge is -2.16. The average molecular weight is 300 g/mol. The summed E-state index contributed by atoms with van der Waals surface area (Å²) in [6.07, 6.45) is 1.93. The van der Waals surface area contributed by atoms with Gasteiger partial charge in [0.1, 0.15) is 0 Å². The maximum atomic E-state index is 8.97. The molecule has 21 heavy (non-hydrogen) atoms. The Bertz CT molecular complexity index is 638. The number of nitrogens with zero attached hydrogens (tertiary/aromatic N) is 3. The molecule has 0 spiro atoms. The third-order valence-corrected chi connectivity index (χ3v) is 4.45. The molecular weight excluding hydrogens is 280 g/mol. The van der Waals surface area contributed by atoms with E-state index in [1.165, 1.54) is 4.88 Å². The molecule has 110 valence electrons. The Balaban J connectivity index is 2.05. The molecule has 0 aliphatic rings. The first kappa shape index (κ1) is 15.3. The third-order valence-electron chi connectivity index (χ3n) is 3.40. The molecule has 0 aliphatic carbocycles. The normalized spacial score (nSPS) is 10.2. The number of nitrogens with one attached hydrogen (secondary N) is 1. The van der Waals surface area contributed by atoms with Gasteiger partial charge in [-0.25, -0.2) is 4.98 Å². The summed E-state index contributed by atoms with van der Waals surface area (Å²) in [6, 6.07) is 7.87. The Morgan fingerprint density at radius 2 is 2.10 bits per heavy atom. The summed E-state index contributed by atoms with van der Waals surface area (Å²) in [7, 11) is 0. The molecule has 5 heteroatoms. The molecule has 2 aromatic rings. The van der Waals surface area contributed by atoms with Crippen molar-refractivity contribution in [3.63, 3.8) is 0 Å². The molecule has 0 unspecified atom stereocenters. The van der Waals surface area contributed by atoms with Crippen LogP contribution in [-0.2, 0) is 6.54 Å². The highest BCUT2D eigenvalue weighted by Crippen LogP contribution is 2.24. The first-order valence-electron chi connectivity index (χ1n) is 7.12. The van der Waals surface area contributed by atoms with Crippen LogP contribution in [0.25, 0.3) is 0 Å². The van der Waals surface area contributed by atoms with Crippen LogP contribution in [-0.4, -0.2) is 18.1 Å². The summed E-state index contributed by atoms with van der Waals surface area (Å²) in [6.45, 7) is 8.99. The predicted molar refractivity (Wildman–Crippen MR) is 88.9 cm³/mol. The van der Waals surface area contributed by atoms with Gasteiger partial charge in [-0.1, -0.05) is 6.07 Å². The van der Waals surface area contributed by atoms with Crippen LogP contribution in [0, 0.1) is 18.3 Å². The van der Waals surface area contributed by atoms with E-state index in [0.29, 0.717) is 5.56 Å². The third kappa shape index (κ3) is 3.73. The Hall–Kier alpha value is -2.06. The molecule has 0 atom stereocenters. The molecule has 0 aliphatic heterocycles. The second-order valence-corrected chi connectivity index (χ2v) is 5.87. The lowest BCUT2D eigenvalue weighted by Crippen LogP contribution is -2.21. The molecule has 2 rings (SSSR count). The molecule has 1 aromatic heterocycles. The summed E-state index contributed by atoms with van der Waals surface area (Å²) in [4.78, 5) is 7.92. The summed E-state index contributed by atoms with van der Waals surface area (Å²) >= 11 is 1.71. The number of rotatable bonds is 6. The van der Waals surface area contributed by atoms with Gasteiger partial charge in [-0.05, 0) is 38.5 Å². The maximum absolute atomic E-state index is 8.97. The van der Waals surface area contributed by atoms with E-state index in [-0.39, 0.29) is 0 Å². The van der Waals surface area contributed by atoms with E-state index in [2.05, 4.69) is 35.1 Å². The Morgan fingerprint density at radius 3 is 2.76 bits per heavy atom. The number of anilines is 2. The van der Waals surface area contributed by atoms with Gasteiger partial charge in [-0.3, -0.25) is 0 Å². The molecule has 0 fully saturated rings. The topological polar surface area (TPSA) is 52.0 Å². The van der Waals surface area contributed by atoms with Crippen molar-refractivity contribution in [2.75, 3.05) is 23.3 Å². The van der Waals surface area contributed by atoms with E-state index in [9.17, 15) is 0 Å². The molecule has 0 amide bonds. The van der Waals surface area contributed by atoms with Gasteiger partial charge in [0.2, 0.25) is 0 Å². The largest absolute Gasteiger partial charge is 0.380 e. The van der Waals surface area contributed by atoms with Crippen molar-refractivity contribution >= 4 is 22.2 Å². The fourth-order valence-electron chi connectivity index (χ4n) is 2.08. The van der Waals surface area contributed by atoms with E-state index >= 15 is 0 Å². The van der Waals surface area contributed by atoms with Gasteiger partial charge in [-0.15, -0.1) is 11.3 Å². The summed E-state index contributed by atoms with van der Waals surface area (Å²) in [5, 5.41) is 13.4. The van der Waals surface area contributed by atoms with Gasteiger partial charge in [0.25, 0.3) is 0 Å². The van der Waals surface area contributed by atoms with Gasteiger partial charge in [0.05, 0.1) is 18.2 Å². The molecule has 4 nitrogen and oxygen atoms in total. The van der Waals surface area contributed by atoms with Crippen LogP contribution in [0.3, 0.4) is 0 Å². The number of hydrogen-bond acceptors (Lipinski definition) is 5. The molecule has 0 radical (unpaired) electrons. The van der Waals surface area contributed by atoms with Crippen molar-refractivity contribution in [2.24, 2.45) is 0 Å². The minimum atomic E-state index is 0.677. The number of thiazole rings is 1. The van der Waals surface area contributed by atoms with Crippen molar-refractivity contribution in [3.8, 4) is 6.07 Å². The quantitative estimate of drug-likeness (QED) is 0.882. The zero-order chi connectivity index (χ0) is 15.2. The van der Waals surface area contributed by atoms with Gasteiger partial charge in [-0.2, -0.15) is 5.26 Å². The van der Waals surface area contributed by atoms with Crippen molar-refractivity contribution < 1.29 is 0 Å². The van der Waals surface area contributed by atoms with E-state index < -0.39 is 0 Å². The van der Waals surface area contributed by atoms with Crippen LogP contribution in [0.2, 0.25) is 0 Å². The smallest absolute Gasteiger partial charge is 0.185 e. The second-order valence-electron chi connectivity index (χ2n) is 4.78. The minimum Gasteiger partial charge on any atom is -0.380 e. The highest BCUT2D eigenvalue weighted by molar-refractivity contribution is 7.15. The zero-order valence-corrected chi connectivity index (χ0v) is 13.5. The summed E-state index contributed by atoms with van der Waals surface area (Å²) < 4.78 is 0. The highest BCUT2D eigenvalue weighted by atomic mass is 32.1. The first-order chi connectivity index (χ1) is 10.2. The highest BCUT2D eigenvalue weighted by Gasteiger charge is 2.08. The van der Waals surface area contributed by atoms with Crippen LogP contribution in [0.15, 0.2) is 24.4 Å².